The zero-order valence-electron chi connectivity index (χ0n) is 12.2. The molecule has 2 atom stereocenters. The first-order chi connectivity index (χ1) is 8.81. The summed E-state index contributed by atoms with van der Waals surface area (Å²) in [5, 5.41) is 3.63. The SMILES string of the molecule is Cc1cc(O[C@H](C)C(=O)N[C@@H](C)C(C)C)ccc1Cl. The third-order valence-electron chi connectivity index (χ3n) is 3.18. The Hall–Kier alpha value is -1.22. The summed E-state index contributed by atoms with van der Waals surface area (Å²) in [5.41, 5.74) is 0.933. The molecule has 0 fully saturated rings. The van der Waals surface area contributed by atoms with E-state index in [1.165, 1.54) is 0 Å². The van der Waals surface area contributed by atoms with E-state index in [1.807, 2.05) is 19.9 Å². The van der Waals surface area contributed by atoms with E-state index in [-0.39, 0.29) is 11.9 Å². The van der Waals surface area contributed by atoms with E-state index < -0.39 is 6.10 Å². The Bertz CT molecular complexity index is 446. The molecule has 3 nitrogen and oxygen atoms in total. The van der Waals surface area contributed by atoms with Crippen LogP contribution in [0.5, 0.6) is 5.75 Å². The lowest BCUT2D eigenvalue weighted by Crippen LogP contribution is -2.43. The molecular formula is C15H22ClNO2. The topological polar surface area (TPSA) is 38.3 Å². The van der Waals surface area contributed by atoms with Gasteiger partial charge in [-0.25, -0.2) is 0 Å². The highest BCUT2D eigenvalue weighted by Crippen LogP contribution is 2.21. The van der Waals surface area contributed by atoms with Crippen LogP contribution < -0.4 is 10.1 Å². The number of hydrogen-bond acceptors (Lipinski definition) is 2. The number of amides is 1. The molecule has 0 radical (unpaired) electrons. The van der Waals surface area contributed by atoms with Crippen LogP contribution in [-0.2, 0) is 4.79 Å². The van der Waals surface area contributed by atoms with E-state index in [1.54, 1.807) is 19.1 Å². The van der Waals surface area contributed by atoms with Crippen molar-refractivity contribution in [1.82, 2.24) is 5.32 Å². The van der Waals surface area contributed by atoms with Crippen molar-refractivity contribution in [1.29, 1.82) is 0 Å². The molecule has 1 aromatic carbocycles. The molecule has 1 N–H and O–H groups in total. The Balaban J connectivity index is 2.61. The van der Waals surface area contributed by atoms with Crippen molar-refractivity contribution in [3.05, 3.63) is 28.8 Å². The highest BCUT2D eigenvalue weighted by Gasteiger charge is 2.18. The van der Waals surface area contributed by atoms with Gasteiger partial charge in [0.05, 0.1) is 0 Å². The summed E-state index contributed by atoms with van der Waals surface area (Å²) >= 11 is 5.95. The van der Waals surface area contributed by atoms with Crippen LogP contribution in [0.4, 0.5) is 0 Å². The Labute approximate surface area is 120 Å². The molecule has 19 heavy (non-hydrogen) atoms. The monoisotopic (exact) mass is 283 g/mol. The van der Waals surface area contributed by atoms with Crippen LogP contribution in [0.3, 0.4) is 0 Å². The normalized spacial score (nSPS) is 14.1. The maximum Gasteiger partial charge on any atom is 0.260 e. The Morgan fingerprint density at radius 1 is 1.26 bits per heavy atom. The van der Waals surface area contributed by atoms with Crippen LogP contribution in [0.2, 0.25) is 5.02 Å². The summed E-state index contributed by atoms with van der Waals surface area (Å²) in [6, 6.07) is 5.50. The molecule has 0 aliphatic carbocycles. The molecule has 0 saturated heterocycles. The van der Waals surface area contributed by atoms with Crippen LogP contribution in [0.15, 0.2) is 18.2 Å². The van der Waals surface area contributed by atoms with Crippen LogP contribution in [0.1, 0.15) is 33.3 Å². The van der Waals surface area contributed by atoms with Gasteiger partial charge in [0, 0.05) is 11.1 Å². The second-order valence-corrected chi connectivity index (χ2v) is 5.62. The van der Waals surface area contributed by atoms with Gasteiger partial charge in [-0.1, -0.05) is 25.4 Å². The lowest BCUT2D eigenvalue weighted by atomic mass is 10.1. The third-order valence-corrected chi connectivity index (χ3v) is 3.61. The number of nitrogens with one attached hydrogen (secondary N) is 1. The second-order valence-electron chi connectivity index (χ2n) is 5.21. The number of hydrogen-bond donors (Lipinski definition) is 1. The predicted molar refractivity (Wildman–Crippen MR) is 78.7 cm³/mol. The number of benzene rings is 1. The van der Waals surface area contributed by atoms with Crippen LogP contribution >= 0.6 is 11.6 Å². The quantitative estimate of drug-likeness (QED) is 0.897. The van der Waals surface area contributed by atoms with Gasteiger partial charge < -0.3 is 10.1 Å². The van der Waals surface area contributed by atoms with Gasteiger partial charge in [-0.3, -0.25) is 4.79 Å². The standard InChI is InChI=1S/C15H22ClNO2/c1-9(2)11(4)17-15(18)12(5)19-13-6-7-14(16)10(3)8-13/h6-9,11-12H,1-5H3,(H,17,18)/t11-,12+/m0/s1. The molecule has 0 aromatic heterocycles. The zero-order chi connectivity index (χ0) is 14.6. The van der Waals surface area contributed by atoms with Crippen molar-refractivity contribution in [2.45, 2.75) is 46.8 Å². The van der Waals surface area contributed by atoms with Gasteiger partial charge in [0.15, 0.2) is 6.10 Å². The summed E-state index contributed by atoms with van der Waals surface area (Å²) in [5.74, 6) is 0.949. The molecule has 1 aromatic rings. The highest BCUT2D eigenvalue weighted by molar-refractivity contribution is 6.31. The summed E-state index contributed by atoms with van der Waals surface area (Å²) in [4.78, 5) is 12.0. The van der Waals surface area contributed by atoms with E-state index in [0.717, 1.165) is 5.56 Å². The average Bonchev–Trinajstić information content (AvgIpc) is 2.33. The number of carbonyl (C=O) groups is 1. The van der Waals surface area contributed by atoms with Gasteiger partial charge >= 0.3 is 0 Å². The lowest BCUT2D eigenvalue weighted by molar-refractivity contribution is -0.128. The third kappa shape index (κ3) is 4.75. The Kier molecular flexibility index (Phi) is 5.67. The minimum absolute atomic E-state index is 0.103. The average molecular weight is 284 g/mol. The minimum Gasteiger partial charge on any atom is -0.481 e. The van der Waals surface area contributed by atoms with Crippen LogP contribution in [0.25, 0.3) is 0 Å². The van der Waals surface area contributed by atoms with E-state index in [2.05, 4.69) is 19.2 Å². The Morgan fingerprint density at radius 2 is 1.89 bits per heavy atom. The van der Waals surface area contributed by atoms with Gasteiger partial charge in [0.25, 0.3) is 5.91 Å². The van der Waals surface area contributed by atoms with Crippen molar-refractivity contribution in [2.24, 2.45) is 5.92 Å². The Morgan fingerprint density at radius 3 is 2.42 bits per heavy atom. The van der Waals surface area contributed by atoms with Crippen molar-refractivity contribution in [3.8, 4) is 5.75 Å². The summed E-state index contributed by atoms with van der Waals surface area (Å²) in [7, 11) is 0. The first kappa shape index (κ1) is 15.8. The van der Waals surface area contributed by atoms with Crippen molar-refractivity contribution in [3.63, 3.8) is 0 Å². The van der Waals surface area contributed by atoms with Gasteiger partial charge in [0.1, 0.15) is 5.75 Å². The van der Waals surface area contributed by atoms with Crippen molar-refractivity contribution < 1.29 is 9.53 Å². The number of carbonyl (C=O) groups excluding carboxylic acids is 1. The molecule has 0 heterocycles. The van der Waals surface area contributed by atoms with E-state index in [9.17, 15) is 4.79 Å². The van der Waals surface area contributed by atoms with E-state index in [0.29, 0.717) is 16.7 Å². The molecule has 0 aliphatic rings. The van der Waals surface area contributed by atoms with Crippen LogP contribution in [-0.4, -0.2) is 18.1 Å². The highest BCUT2D eigenvalue weighted by atomic mass is 35.5. The molecule has 106 valence electrons. The molecule has 4 heteroatoms. The molecule has 0 aliphatic heterocycles. The molecule has 0 bridgehead atoms. The molecule has 0 unspecified atom stereocenters. The lowest BCUT2D eigenvalue weighted by Gasteiger charge is -2.21. The molecule has 0 saturated carbocycles. The maximum atomic E-state index is 12.0. The summed E-state index contributed by atoms with van der Waals surface area (Å²) < 4.78 is 5.62. The molecule has 1 amide bonds. The van der Waals surface area contributed by atoms with Crippen molar-refractivity contribution in [2.75, 3.05) is 0 Å². The fourth-order valence-corrected chi connectivity index (χ4v) is 1.57. The van der Waals surface area contributed by atoms with Crippen molar-refractivity contribution >= 4 is 17.5 Å². The van der Waals surface area contributed by atoms with Gasteiger partial charge in [-0.05, 0) is 50.5 Å². The largest absolute Gasteiger partial charge is 0.481 e. The fourth-order valence-electron chi connectivity index (χ4n) is 1.46. The van der Waals surface area contributed by atoms with E-state index >= 15 is 0 Å². The minimum atomic E-state index is -0.526. The summed E-state index contributed by atoms with van der Waals surface area (Å²) in [6.45, 7) is 9.77. The molecule has 1 rings (SSSR count). The second kappa shape index (κ2) is 6.80. The smallest absolute Gasteiger partial charge is 0.260 e. The maximum absolute atomic E-state index is 12.0. The molecular weight excluding hydrogens is 262 g/mol. The number of aryl methyl sites for hydroxylation is 1. The van der Waals surface area contributed by atoms with Crippen LogP contribution in [0, 0.1) is 12.8 Å². The van der Waals surface area contributed by atoms with Gasteiger partial charge in [-0.2, -0.15) is 0 Å². The fraction of sp³-hybridized carbons (Fsp3) is 0.533. The molecule has 0 spiro atoms. The first-order valence-corrected chi connectivity index (χ1v) is 6.92. The summed E-state index contributed by atoms with van der Waals surface area (Å²) in [6.07, 6.45) is -0.526. The van der Waals surface area contributed by atoms with E-state index in [4.69, 9.17) is 16.3 Å². The zero-order valence-corrected chi connectivity index (χ0v) is 12.9. The van der Waals surface area contributed by atoms with Gasteiger partial charge in [0.2, 0.25) is 0 Å². The predicted octanol–water partition coefficient (Wildman–Crippen LogP) is 3.58. The number of halogens is 1. The number of rotatable bonds is 5. The number of ether oxygens (including phenoxy) is 1. The first-order valence-electron chi connectivity index (χ1n) is 6.54. The van der Waals surface area contributed by atoms with Gasteiger partial charge in [-0.15, -0.1) is 0 Å².